The van der Waals surface area contributed by atoms with Crippen molar-refractivity contribution in [3.05, 3.63) is 119 Å². The normalized spacial score (nSPS) is 11.0. The lowest BCUT2D eigenvalue weighted by atomic mass is 10.0. The SMILES string of the molecule is N#Cc1ccc(Cn2cncc2CS(=O)(=O)Nc2ccc(C(=O)c3ccccc3)cc2)cc1. The van der Waals surface area contributed by atoms with Crippen LogP contribution in [-0.4, -0.2) is 23.8 Å². The van der Waals surface area contributed by atoms with E-state index in [9.17, 15) is 13.2 Å². The van der Waals surface area contributed by atoms with E-state index in [1.807, 2.05) is 18.2 Å². The van der Waals surface area contributed by atoms with E-state index in [-0.39, 0.29) is 11.5 Å². The third-order valence-electron chi connectivity index (χ3n) is 5.03. The molecule has 0 radical (unpaired) electrons. The van der Waals surface area contributed by atoms with Crippen LogP contribution in [-0.2, 0) is 22.3 Å². The van der Waals surface area contributed by atoms with Gasteiger partial charge < -0.3 is 4.57 Å². The number of nitriles is 1. The number of nitrogens with one attached hydrogen (secondary N) is 1. The molecule has 0 atom stereocenters. The Morgan fingerprint density at radius 1 is 0.939 bits per heavy atom. The quantitative estimate of drug-likeness (QED) is 0.404. The summed E-state index contributed by atoms with van der Waals surface area (Å²) in [4.78, 5) is 16.6. The molecule has 0 saturated carbocycles. The maximum atomic E-state index is 12.7. The minimum Gasteiger partial charge on any atom is -0.329 e. The van der Waals surface area contributed by atoms with Crippen LogP contribution in [0.4, 0.5) is 5.69 Å². The van der Waals surface area contributed by atoms with Gasteiger partial charge in [0, 0.05) is 29.6 Å². The lowest BCUT2D eigenvalue weighted by Gasteiger charge is -2.11. The Kier molecular flexibility index (Phi) is 6.33. The number of ketones is 1. The molecule has 1 aromatic heterocycles. The number of carbonyl (C=O) groups excluding carboxylic acids is 1. The largest absolute Gasteiger partial charge is 0.329 e. The van der Waals surface area contributed by atoms with E-state index >= 15 is 0 Å². The summed E-state index contributed by atoms with van der Waals surface area (Å²) in [5.74, 6) is -0.384. The standard InChI is InChI=1S/C25H20N4O3S/c26-14-19-6-8-20(9-7-19)16-29-18-27-15-24(29)17-33(31,32)28-23-12-10-22(11-13-23)25(30)21-4-2-1-3-5-21/h1-13,15,18,28H,16-17H2. The number of hydrogen-bond acceptors (Lipinski definition) is 5. The Bertz CT molecular complexity index is 1400. The van der Waals surface area contributed by atoms with Gasteiger partial charge in [0.05, 0.1) is 23.7 Å². The Balaban J connectivity index is 1.43. The molecule has 33 heavy (non-hydrogen) atoms. The molecule has 8 heteroatoms. The summed E-state index contributed by atoms with van der Waals surface area (Å²) in [7, 11) is -3.71. The first-order valence-electron chi connectivity index (χ1n) is 10.1. The minimum absolute atomic E-state index is 0.128. The molecule has 0 bridgehead atoms. The van der Waals surface area contributed by atoms with Crippen molar-refractivity contribution < 1.29 is 13.2 Å². The fourth-order valence-corrected chi connectivity index (χ4v) is 4.55. The van der Waals surface area contributed by atoms with Crippen molar-refractivity contribution in [2.75, 3.05) is 4.72 Å². The van der Waals surface area contributed by atoms with Gasteiger partial charge in [-0.1, -0.05) is 42.5 Å². The molecule has 4 aromatic rings. The zero-order valence-electron chi connectivity index (χ0n) is 17.5. The number of aromatic nitrogens is 2. The fraction of sp³-hybridized carbons (Fsp3) is 0.0800. The number of rotatable bonds is 8. The third-order valence-corrected chi connectivity index (χ3v) is 6.25. The van der Waals surface area contributed by atoms with E-state index in [0.29, 0.717) is 34.6 Å². The highest BCUT2D eigenvalue weighted by molar-refractivity contribution is 7.91. The number of benzene rings is 3. The zero-order chi connectivity index (χ0) is 23.3. The van der Waals surface area contributed by atoms with Crippen molar-refractivity contribution in [3.8, 4) is 6.07 Å². The van der Waals surface area contributed by atoms with Crippen LogP contribution in [0.3, 0.4) is 0 Å². The van der Waals surface area contributed by atoms with Gasteiger partial charge >= 0.3 is 0 Å². The second-order valence-corrected chi connectivity index (χ2v) is 9.18. The van der Waals surface area contributed by atoms with Gasteiger partial charge in [-0.3, -0.25) is 9.52 Å². The van der Waals surface area contributed by atoms with E-state index in [1.54, 1.807) is 71.6 Å². The molecule has 7 nitrogen and oxygen atoms in total. The number of sulfonamides is 1. The summed E-state index contributed by atoms with van der Waals surface area (Å²) in [5, 5.41) is 8.92. The van der Waals surface area contributed by atoms with Crippen LogP contribution in [0.1, 0.15) is 32.7 Å². The fourth-order valence-electron chi connectivity index (χ4n) is 3.35. The summed E-state index contributed by atoms with van der Waals surface area (Å²) in [5.41, 5.74) is 3.44. The Labute approximate surface area is 192 Å². The van der Waals surface area contributed by atoms with E-state index in [2.05, 4.69) is 15.8 Å². The van der Waals surface area contributed by atoms with Crippen molar-refractivity contribution >= 4 is 21.5 Å². The van der Waals surface area contributed by atoms with E-state index in [1.165, 1.54) is 6.20 Å². The molecule has 0 unspecified atom stereocenters. The first-order valence-corrected chi connectivity index (χ1v) is 11.8. The Hall–Kier alpha value is -4.22. The molecule has 0 amide bonds. The Morgan fingerprint density at radius 2 is 1.61 bits per heavy atom. The van der Waals surface area contributed by atoms with Crippen LogP contribution in [0.5, 0.6) is 0 Å². The molecule has 0 aliphatic heterocycles. The number of imidazole rings is 1. The van der Waals surface area contributed by atoms with Gasteiger partial charge in [-0.05, 0) is 42.0 Å². The summed E-state index contributed by atoms with van der Waals surface area (Å²) in [6, 6.07) is 24.4. The first-order chi connectivity index (χ1) is 15.9. The monoisotopic (exact) mass is 456 g/mol. The molecule has 164 valence electrons. The molecule has 0 aliphatic rings. The highest BCUT2D eigenvalue weighted by Crippen LogP contribution is 2.17. The summed E-state index contributed by atoms with van der Waals surface area (Å²) in [6.45, 7) is 0.437. The number of nitrogens with zero attached hydrogens (tertiary/aromatic N) is 3. The highest BCUT2D eigenvalue weighted by atomic mass is 32.2. The van der Waals surface area contributed by atoms with Crippen LogP contribution in [0, 0.1) is 11.3 Å². The van der Waals surface area contributed by atoms with Crippen LogP contribution >= 0.6 is 0 Å². The maximum absolute atomic E-state index is 12.7. The molecule has 3 aromatic carbocycles. The lowest BCUT2D eigenvalue weighted by Crippen LogP contribution is -2.17. The highest BCUT2D eigenvalue weighted by Gasteiger charge is 2.16. The smallest absolute Gasteiger partial charge is 0.238 e. The van der Waals surface area contributed by atoms with Gasteiger partial charge in [-0.15, -0.1) is 0 Å². The predicted molar refractivity (Wildman–Crippen MR) is 125 cm³/mol. The van der Waals surface area contributed by atoms with Gasteiger partial charge in [0.2, 0.25) is 10.0 Å². The summed E-state index contributed by atoms with van der Waals surface area (Å²) < 4.78 is 29.8. The average molecular weight is 457 g/mol. The van der Waals surface area contributed by atoms with Crippen LogP contribution in [0.25, 0.3) is 0 Å². The zero-order valence-corrected chi connectivity index (χ0v) is 18.4. The van der Waals surface area contributed by atoms with E-state index in [4.69, 9.17) is 5.26 Å². The molecule has 1 heterocycles. The summed E-state index contributed by atoms with van der Waals surface area (Å²) in [6.07, 6.45) is 3.09. The van der Waals surface area contributed by atoms with E-state index in [0.717, 1.165) is 5.56 Å². The first kappa shape index (κ1) is 22.0. The van der Waals surface area contributed by atoms with Crippen molar-refractivity contribution in [2.24, 2.45) is 0 Å². The number of hydrogen-bond donors (Lipinski definition) is 1. The Morgan fingerprint density at radius 3 is 2.27 bits per heavy atom. The van der Waals surface area contributed by atoms with Gasteiger partial charge in [0.15, 0.2) is 5.78 Å². The van der Waals surface area contributed by atoms with Gasteiger partial charge in [-0.2, -0.15) is 5.26 Å². The van der Waals surface area contributed by atoms with Gasteiger partial charge in [0.1, 0.15) is 5.75 Å². The van der Waals surface area contributed by atoms with Crippen LogP contribution < -0.4 is 4.72 Å². The molecule has 0 aliphatic carbocycles. The van der Waals surface area contributed by atoms with E-state index < -0.39 is 10.0 Å². The van der Waals surface area contributed by atoms with Crippen LogP contribution in [0.2, 0.25) is 0 Å². The second kappa shape index (κ2) is 9.51. The lowest BCUT2D eigenvalue weighted by molar-refractivity contribution is 0.103. The minimum atomic E-state index is -3.71. The number of anilines is 1. The second-order valence-electron chi connectivity index (χ2n) is 7.46. The maximum Gasteiger partial charge on any atom is 0.238 e. The molecular formula is C25H20N4O3S. The topological polar surface area (TPSA) is 105 Å². The average Bonchev–Trinajstić information content (AvgIpc) is 3.25. The molecular weight excluding hydrogens is 436 g/mol. The van der Waals surface area contributed by atoms with Crippen molar-refractivity contribution in [2.45, 2.75) is 12.3 Å². The molecule has 4 rings (SSSR count). The van der Waals surface area contributed by atoms with Gasteiger partial charge in [-0.25, -0.2) is 13.4 Å². The van der Waals surface area contributed by atoms with Crippen LogP contribution in [0.15, 0.2) is 91.4 Å². The molecule has 1 N–H and O–H groups in total. The van der Waals surface area contributed by atoms with Crippen molar-refractivity contribution in [3.63, 3.8) is 0 Å². The number of carbonyl (C=O) groups is 1. The third kappa shape index (κ3) is 5.53. The molecule has 0 fully saturated rings. The summed E-state index contributed by atoms with van der Waals surface area (Å²) >= 11 is 0. The van der Waals surface area contributed by atoms with Crippen molar-refractivity contribution in [1.82, 2.24) is 9.55 Å². The predicted octanol–water partition coefficient (Wildman–Crippen LogP) is 3.98. The molecule has 0 spiro atoms. The van der Waals surface area contributed by atoms with Crippen molar-refractivity contribution in [1.29, 1.82) is 5.26 Å². The molecule has 0 saturated heterocycles. The van der Waals surface area contributed by atoms with Gasteiger partial charge in [0.25, 0.3) is 0 Å².